The molecule has 1 saturated carbocycles. The van der Waals surface area contributed by atoms with Gasteiger partial charge in [-0.05, 0) is 38.8 Å². The smallest absolute Gasteiger partial charge is 0.281 e. The molecule has 114 valence electrons. The van der Waals surface area contributed by atoms with Gasteiger partial charge in [0.2, 0.25) is 0 Å². The maximum Gasteiger partial charge on any atom is 0.281 e. The first-order chi connectivity index (χ1) is 8.98. The van der Waals surface area contributed by atoms with Crippen molar-refractivity contribution >= 4 is 10.2 Å². The zero-order valence-electron chi connectivity index (χ0n) is 12.3. The quantitative estimate of drug-likeness (QED) is 0.550. The van der Waals surface area contributed by atoms with Gasteiger partial charge in [-0.15, -0.1) is 0 Å². The Labute approximate surface area is 117 Å². The second-order valence-electron chi connectivity index (χ2n) is 5.13. The van der Waals surface area contributed by atoms with E-state index < -0.39 is 10.2 Å². The van der Waals surface area contributed by atoms with Crippen molar-refractivity contribution in [2.24, 2.45) is 5.92 Å². The summed E-state index contributed by atoms with van der Waals surface area (Å²) < 4.78 is 32.5. The molecule has 7 heteroatoms. The molecule has 19 heavy (non-hydrogen) atoms. The van der Waals surface area contributed by atoms with E-state index in [1.165, 1.54) is 21.5 Å². The summed E-state index contributed by atoms with van der Waals surface area (Å²) in [6.07, 6.45) is 3.31. The minimum absolute atomic E-state index is 0.408. The Hall–Kier alpha value is -0.210. The SMILES string of the molecule is CNCCCN(C)S(=O)(=O)N(C)CCOCC1CC1. The third-order valence-electron chi connectivity index (χ3n) is 3.29. The summed E-state index contributed by atoms with van der Waals surface area (Å²) in [5.41, 5.74) is 0. The van der Waals surface area contributed by atoms with E-state index >= 15 is 0 Å². The first-order valence-electron chi connectivity index (χ1n) is 6.88. The van der Waals surface area contributed by atoms with Gasteiger partial charge in [-0.1, -0.05) is 0 Å². The lowest BCUT2D eigenvalue weighted by atomic mass is 10.4. The van der Waals surface area contributed by atoms with Crippen molar-refractivity contribution in [3.05, 3.63) is 0 Å². The standard InChI is InChI=1S/C12H27N3O3S/c1-13-7-4-8-14(2)19(16,17)15(3)9-10-18-11-12-5-6-12/h12-13H,4-11H2,1-3H3. The molecule has 0 radical (unpaired) electrons. The summed E-state index contributed by atoms with van der Waals surface area (Å²) in [6.45, 7) is 2.98. The molecule has 0 aromatic carbocycles. The predicted octanol–water partition coefficient (Wildman–Crippen LogP) is 0.131. The third-order valence-corrected chi connectivity index (χ3v) is 5.23. The first kappa shape index (κ1) is 16.8. The molecule has 1 N–H and O–H groups in total. The van der Waals surface area contributed by atoms with E-state index in [1.54, 1.807) is 14.1 Å². The van der Waals surface area contributed by atoms with Crippen LogP contribution in [0, 0.1) is 5.92 Å². The van der Waals surface area contributed by atoms with E-state index in [2.05, 4.69) is 5.32 Å². The van der Waals surface area contributed by atoms with Crippen LogP contribution in [0.15, 0.2) is 0 Å². The lowest BCUT2D eigenvalue weighted by molar-refractivity contribution is 0.116. The molecule has 0 aromatic heterocycles. The second-order valence-corrected chi connectivity index (χ2v) is 7.27. The van der Waals surface area contributed by atoms with Crippen LogP contribution in [0.1, 0.15) is 19.3 Å². The number of likely N-dealkylation sites (N-methyl/N-ethyl adjacent to an activating group) is 1. The maximum atomic E-state index is 12.1. The van der Waals surface area contributed by atoms with Crippen LogP contribution >= 0.6 is 0 Å². The Balaban J connectivity index is 2.23. The number of hydrogen-bond acceptors (Lipinski definition) is 4. The average molecular weight is 293 g/mol. The van der Waals surface area contributed by atoms with Crippen LogP contribution in [0.25, 0.3) is 0 Å². The summed E-state index contributed by atoms with van der Waals surface area (Å²) in [7, 11) is 1.73. The van der Waals surface area contributed by atoms with Crippen molar-refractivity contribution in [3.63, 3.8) is 0 Å². The van der Waals surface area contributed by atoms with Crippen molar-refractivity contribution in [2.45, 2.75) is 19.3 Å². The molecule has 0 atom stereocenters. The monoisotopic (exact) mass is 293 g/mol. The van der Waals surface area contributed by atoms with Crippen LogP contribution in [0.2, 0.25) is 0 Å². The summed E-state index contributed by atoms with van der Waals surface area (Å²) in [4.78, 5) is 0. The van der Waals surface area contributed by atoms with E-state index in [4.69, 9.17) is 4.74 Å². The molecule has 1 fully saturated rings. The van der Waals surface area contributed by atoms with E-state index in [0.717, 1.165) is 19.6 Å². The molecular formula is C12H27N3O3S. The van der Waals surface area contributed by atoms with Crippen molar-refractivity contribution in [1.29, 1.82) is 0 Å². The summed E-state index contributed by atoms with van der Waals surface area (Å²) in [5.74, 6) is 0.714. The number of nitrogens with zero attached hydrogens (tertiary/aromatic N) is 2. The van der Waals surface area contributed by atoms with Crippen molar-refractivity contribution < 1.29 is 13.2 Å². The largest absolute Gasteiger partial charge is 0.380 e. The fourth-order valence-corrected chi connectivity index (χ4v) is 2.82. The summed E-state index contributed by atoms with van der Waals surface area (Å²) >= 11 is 0. The second kappa shape index (κ2) is 8.16. The molecule has 1 aliphatic carbocycles. The highest BCUT2D eigenvalue weighted by Gasteiger charge is 2.24. The summed E-state index contributed by atoms with van der Waals surface area (Å²) in [6, 6.07) is 0. The minimum atomic E-state index is -3.35. The molecule has 1 rings (SSSR count). The highest BCUT2D eigenvalue weighted by atomic mass is 32.2. The Morgan fingerprint density at radius 2 is 1.84 bits per heavy atom. The number of ether oxygens (including phenoxy) is 1. The molecule has 0 heterocycles. The van der Waals surface area contributed by atoms with Crippen LogP contribution < -0.4 is 5.32 Å². The Bertz CT molecular complexity index is 344. The Kier molecular flexibility index (Phi) is 7.23. The highest BCUT2D eigenvalue weighted by molar-refractivity contribution is 7.86. The maximum absolute atomic E-state index is 12.1. The molecule has 0 spiro atoms. The Morgan fingerprint density at radius 3 is 2.42 bits per heavy atom. The van der Waals surface area contributed by atoms with E-state index in [-0.39, 0.29) is 0 Å². The van der Waals surface area contributed by atoms with Gasteiger partial charge in [0.15, 0.2) is 0 Å². The van der Waals surface area contributed by atoms with Gasteiger partial charge in [0.25, 0.3) is 10.2 Å². The van der Waals surface area contributed by atoms with Gasteiger partial charge in [0, 0.05) is 33.8 Å². The Morgan fingerprint density at radius 1 is 1.21 bits per heavy atom. The van der Waals surface area contributed by atoms with Crippen LogP contribution in [-0.4, -0.2) is 71.0 Å². The van der Waals surface area contributed by atoms with Gasteiger partial charge in [0.05, 0.1) is 6.61 Å². The van der Waals surface area contributed by atoms with Crippen LogP contribution in [0.5, 0.6) is 0 Å². The van der Waals surface area contributed by atoms with E-state index in [9.17, 15) is 8.42 Å². The van der Waals surface area contributed by atoms with Gasteiger partial charge in [-0.3, -0.25) is 0 Å². The molecular weight excluding hydrogens is 266 g/mol. The number of rotatable bonds is 11. The van der Waals surface area contributed by atoms with Crippen molar-refractivity contribution in [3.8, 4) is 0 Å². The summed E-state index contributed by atoms with van der Waals surface area (Å²) in [5, 5.41) is 3.01. The average Bonchev–Trinajstić information content (AvgIpc) is 3.18. The molecule has 6 nitrogen and oxygen atoms in total. The molecule has 0 saturated heterocycles. The van der Waals surface area contributed by atoms with Gasteiger partial charge in [-0.25, -0.2) is 0 Å². The number of hydrogen-bond donors (Lipinski definition) is 1. The molecule has 0 amide bonds. The fourth-order valence-electron chi connectivity index (χ4n) is 1.67. The highest BCUT2D eigenvalue weighted by Crippen LogP contribution is 2.28. The normalized spacial score (nSPS) is 16.5. The van der Waals surface area contributed by atoms with Crippen LogP contribution in [0.3, 0.4) is 0 Å². The van der Waals surface area contributed by atoms with Crippen molar-refractivity contribution in [1.82, 2.24) is 13.9 Å². The van der Waals surface area contributed by atoms with Crippen LogP contribution in [-0.2, 0) is 14.9 Å². The zero-order chi connectivity index (χ0) is 14.3. The third kappa shape index (κ3) is 6.18. The minimum Gasteiger partial charge on any atom is -0.380 e. The molecule has 1 aliphatic rings. The zero-order valence-corrected chi connectivity index (χ0v) is 13.1. The van der Waals surface area contributed by atoms with E-state index in [0.29, 0.717) is 25.6 Å². The molecule has 0 aliphatic heterocycles. The predicted molar refractivity (Wildman–Crippen MR) is 76.3 cm³/mol. The van der Waals surface area contributed by atoms with E-state index in [1.807, 2.05) is 7.05 Å². The van der Waals surface area contributed by atoms with Crippen LogP contribution in [0.4, 0.5) is 0 Å². The molecule has 0 unspecified atom stereocenters. The fraction of sp³-hybridized carbons (Fsp3) is 1.00. The topological polar surface area (TPSA) is 61.9 Å². The van der Waals surface area contributed by atoms with Gasteiger partial charge >= 0.3 is 0 Å². The lowest BCUT2D eigenvalue weighted by Gasteiger charge is -2.24. The van der Waals surface area contributed by atoms with Crippen molar-refractivity contribution in [2.75, 3.05) is 54.0 Å². The molecule has 0 aromatic rings. The first-order valence-corrected chi connectivity index (χ1v) is 8.28. The lowest BCUT2D eigenvalue weighted by Crippen LogP contribution is -2.41. The van der Waals surface area contributed by atoms with Gasteiger partial charge in [-0.2, -0.15) is 17.0 Å². The number of nitrogens with one attached hydrogen (secondary N) is 1. The van der Waals surface area contributed by atoms with Gasteiger partial charge < -0.3 is 10.1 Å². The van der Waals surface area contributed by atoms with Gasteiger partial charge in [0.1, 0.15) is 0 Å². The molecule has 0 bridgehead atoms.